The highest BCUT2D eigenvalue weighted by molar-refractivity contribution is 8.00. The van der Waals surface area contributed by atoms with Crippen molar-refractivity contribution in [3.8, 4) is 5.75 Å². The number of aromatic nitrogens is 2. The molecule has 1 fully saturated rings. The second-order valence-electron chi connectivity index (χ2n) is 9.44. The van der Waals surface area contributed by atoms with E-state index in [2.05, 4.69) is 10.2 Å². The number of carbonyl (C=O) groups is 2. The summed E-state index contributed by atoms with van der Waals surface area (Å²) < 4.78 is 19.6. The standard InChI is InChI=1S/C29H21ClFN3O4S2/c1-15-11-19-12-18(7-10-22(19)38-15)25(35)23-24(17-3-2-4-20(30)13-17)34(27(37)26(23)36)28-32-33-29(40-28)39-14-16-5-8-21(31)9-6-16/h2-10,12-13,15,24,35H,11,14H2,1H3/t15-,24+/m1/s1. The lowest BCUT2D eigenvalue weighted by molar-refractivity contribution is -0.132. The van der Waals surface area contributed by atoms with Crippen molar-refractivity contribution in [3.05, 3.63) is 105 Å². The first-order chi connectivity index (χ1) is 19.3. The van der Waals surface area contributed by atoms with Crippen molar-refractivity contribution in [3.63, 3.8) is 0 Å². The van der Waals surface area contributed by atoms with Crippen LogP contribution in [0.25, 0.3) is 5.76 Å². The smallest absolute Gasteiger partial charge is 0.301 e. The zero-order valence-electron chi connectivity index (χ0n) is 21.0. The van der Waals surface area contributed by atoms with Gasteiger partial charge in [0.05, 0.1) is 11.6 Å². The number of carbonyl (C=O) groups excluding carboxylic acids is 2. The van der Waals surface area contributed by atoms with E-state index in [0.29, 0.717) is 32.7 Å². The maximum atomic E-state index is 13.5. The molecule has 0 radical (unpaired) electrons. The summed E-state index contributed by atoms with van der Waals surface area (Å²) in [6.45, 7) is 1.96. The van der Waals surface area contributed by atoms with Gasteiger partial charge in [0.2, 0.25) is 5.13 Å². The van der Waals surface area contributed by atoms with Gasteiger partial charge < -0.3 is 9.84 Å². The summed E-state index contributed by atoms with van der Waals surface area (Å²) in [6.07, 6.45) is 0.683. The van der Waals surface area contributed by atoms with Crippen molar-refractivity contribution in [1.29, 1.82) is 0 Å². The molecule has 1 N–H and O–H groups in total. The lowest BCUT2D eigenvalue weighted by Gasteiger charge is -2.22. The van der Waals surface area contributed by atoms with Gasteiger partial charge in [-0.3, -0.25) is 14.5 Å². The molecule has 2 atom stereocenters. The monoisotopic (exact) mass is 593 g/mol. The number of hydrogen-bond donors (Lipinski definition) is 1. The Morgan fingerprint density at radius 1 is 1.15 bits per heavy atom. The number of aliphatic hydroxyl groups is 1. The third-order valence-electron chi connectivity index (χ3n) is 6.66. The Balaban J connectivity index is 1.38. The molecule has 1 aromatic heterocycles. The Bertz CT molecular complexity index is 1670. The third-order valence-corrected chi connectivity index (χ3v) is 9.02. The molecule has 202 valence electrons. The van der Waals surface area contributed by atoms with Gasteiger partial charge in [-0.05, 0) is 66.1 Å². The van der Waals surface area contributed by atoms with E-state index >= 15 is 0 Å². The zero-order chi connectivity index (χ0) is 28.0. The number of rotatable bonds is 6. The molecular formula is C29H21ClFN3O4S2. The Morgan fingerprint density at radius 3 is 2.73 bits per heavy atom. The molecule has 4 aromatic rings. The van der Waals surface area contributed by atoms with Gasteiger partial charge in [-0.2, -0.15) is 0 Å². The molecule has 0 spiro atoms. The number of aliphatic hydroxyl groups excluding tert-OH is 1. The number of anilines is 1. The number of fused-ring (bicyclic) bond motifs is 1. The van der Waals surface area contributed by atoms with Gasteiger partial charge >= 0.3 is 5.91 Å². The zero-order valence-corrected chi connectivity index (χ0v) is 23.4. The Kier molecular flexibility index (Phi) is 7.07. The van der Waals surface area contributed by atoms with E-state index in [9.17, 15) is 19.1 Å². The summed E-state index contributed by atoms with van der Waals surface area (Å²) in [5, 5.41) is 20.5. The molecule has 2 aliphatic heterocycles. The number of nitrogens with zero attached hydrogens (tertiary/aromatic N) is 3. The highest BCUT2D eigenvalue weighted by Gasteiger charge is 2.48. The lowest BCUT2D eigenvalue weighted by atomic mass is 9.94. The van der Waals surface area contributed by atoms with Crippen LogP contribution in [0.4, 0.5) is 9.52 Å². The van der Waals surface area contributed by atoms with E-state index in [0.717, 1.165) is 28.2 Å². The molecule has 2 aliphatic rings. The molecule has 3 heterocycles. The minimum absolute atomic E-state index is 0.0111. The lowest BCUT2D eigenvalue weighted by Crippen LogP contribution is -2.29. The van der Waals surface area contributed by atoms with Gasteiger partial charge in [0.1, 0.15) is 23.4 Å². The fourth-order valence-electron chi connectivity index (χ4n) is 4.83. The second kappa shape index (κ2) is 10.7. The Labute approximate surface area is 242 Å². The van der Waals surface area contributed by atoms with Crippen molar-refractivity contribution < 1.29 is 23.8 Å². The van der Waals surface area contributed by atoms with Crippen LogP contribution >= 0.6 is 34.7 Å². The highest BCUT2D eigenvalue weighted by atomic mass is 35.5. The number of thioether (sulfide) groups is 1. The number of ketones is 1. The van der Waals surface area contributed by atoms with Crippen molar-refractivity contribution in [2.45, 2.75) is 35.6 Å². The number of benzene rings is 3. The molecule has 1 amide bonds. The van der Waals surface area contributed by atoms with Gasteiger partial charge in [0.25, 0.3) is 5.78 Å². The fourth-order valence-corrected chi connectivity index (χ4v) is 6.85. The molecule has 6 rings (SSSR count). The van der Waals surface area contributed by atoms with Crippen LogP contribution in [0.3, 0.4) is 0 Å². The SMILES string of the molecule is C[C@@H]1Cc2cc(C(O)=C3C(=O)C(=O)N(c4nnc(SCc5ccc(F)cc5)s4)[C@H]3c3cccc(Cl)c3)ccc2O1. The summed E-state index contributed by atoms with van der Waals surface area (Å²) in [7, 11) is 0. The van der Waals surface area contributed by atoms with E-state index in [1.165, 1.54) is 28.8 Å². The number of amides is 1. The Hall–Kier alpha value is -3.73. The summed E-state index contributed by atoms with van der Waals surface area (Å²) in [4.78, 5) is 28.2. The van der Waals surface area contributed by atoms with Gasteiger partial charge in [-0.25, -0.2) is 4.39 Å². The van der Waals surface area contributed by atoms with Crippen LogP contribution in [0.15, 0.2) is 76.6 Å². The number of Topliss-reactive ketones (excluding diaryl/α,β-unsaturated/α-hetero) is 1. The average molecular weight is 594 g/mol. The predicted molar refractivity (Wildman–Crippen MR) is 152 cm³/mol. The predicted octanol–water partition coefficient (Wildman–Crippen LogP) is 6.57. The van der Waals surface area contributed by atoms with E-state index in [-0.39, 0.29) is 28.4 Å². The van der Waals surface area contributed by atoms with Crippen molar-refractivity contribution in [2.75, 3.05) is 4.90 Å². The van der Waals surface area contributed by atoms with Crippen molar-refractivity contribution in [1.82, 2.24) is 10.2 Å². The van der Waals surface area contributed by atoms with Crippen molar-refractivity contribution >= 4 is 57.3 Å². The molecule has 0 saturated carbocycles. The molecule has 3 aromatic carbocycles. The Morgan fingerprint density at radius 2 is 1.95 bits per heavy atom. The van der Waals surface area contributed by atoms with Gasteiger partial charge in [0.15, 0.2) is 4.34 Å². The van der Waals surface area contributed by atoms with Crippen LogP contribution in [-0.2, 0) is 21.8 Å². The topological polar surface area (TPSA) is 92.6 Å². The molecule has 11 heteroatoms. The highest BCUT2D eigenvalue weighted by Crippen LogP contribution is 2.45. The van der Waals surface area contributed by atoms with Crippen LogP contribution in [0.2, 0.25) is 5.02 Å². The first kappa shape index (κ1) is 26.5. The first-order valence-electron chi connectivity index (χ1n) is 12.4. The van der Waals surface area contributed by atoms with E-state index in [1.54, 1.807) is 54.6 Å². The summed E-state index contributed by atoms with van der Waals surface area (Å²) in [6, 6.07) is 17.2. The van der Waals surface area contributed by atoms with Crippen LogP contribution in [0.5, 0.6) is 5.75 Å². The first-order valence-corrected chi connectivity index (χ1v) is 14.5. The quantitative estimate of drug-likeness (QED) is 0.0888. The van der Waals surface area contributed by atoms with Crippen LogP contribution in [-0.4, -0.2) is 33.1 Å². The van der Waals surface area contributed by atoms with Crippen molar-refractivity contribution in [2.24, 2.45) is 0 Å². The largest absolute Gasteiger partial charge is 0.507 e. The molecule has 0 aliphatic carbocycles. The normalized spacial score (nSPS) is 19.6. The molecular weight excluding hydrogens is 573 g/mol. The van der Waals surface area contributed by atoms with Crippen LogP contribution in [0.1, 0.15) is 35.2 Å². The average Bonchev–Trinajstić information content (AvgIpc) is 3.63. The van der Waals surface area contributed by atoms with Gasteiger partial charge in [-0.15, -0.1) is 10.2 Å². The second-order valence-corrected chi connectivity index (χ2v) is 12.1. The van der Waals surface area contributed by atoms with Gasteiger partial charge in [-0.1, -0.05) is 59.0 Å². The summed E-state index contributed by atoms with van der Waals surface area (Å²) in [5.41, 5.74) is 2.71. The molecule has 0 unspecified atom stereocenters. The van der Waals surface area contributed by atoms with Gasteiger partial charge in [0, 0.05) is 22.8 Å². The minimum Gasteiger partial charge on any atom is -0.507 e. The summed E-state index contributed by atoms with van der Waals surface area (Å²) >= 11 is 8.83. The van der Waals surface area contributed by atoms with Crippen LogP contribution < -0.4 is 9.64 Å². The summed E-state index contributed by atoms with van der Waals surface area (Å²) in [5.74, 6) is -1.00. The third kappa shape index (κ3) is 4.98. The minimum atomic E-state index is -0.968. The molecule has 1 saturated heterocycles. The van der Waals surface area contributed by atoms with E-state index in [4.69, 9.17) is 16.3 Å². The maximum Gasteiger partial charge on any atom is 0.301 e. The number of hydrogen-bond acceptors (Lipinski definition) is 8. The van der Waals surface area contributed by atoms with E-state index < -0.39 is 17.7 Å². The molecule has 40 heavy (non-hydrogen) atoms. The number of halogens is 2. The maximum absolute atomic E-state index is 13.5. The number of ether oxygens (including phenoxy) is 1. The molecule has 0 bridgehead atoms. The fraction of sp³-hybridized carbons (Fsp3) is 0.172. The van der Waals surface area contributed by atoms with E-state index in [1.807, 2.05) is 6.92 Å². The van der Waals surface area contributed by atoms with Crippen LogP contribution in [0, 0.1) is 5.82 Å². The molecule has 7 nitrogen and oxygen atoms in total.